The van der Waals surface area contributed by atoms with Crippen LogP contribution < -0.4 is 15.5 Å². The topological polar surface area (TPSA) is 81.7 Å². The predicted octanol–water partition coefficient (Wildman–Crippen LogP) is 1.46. The molecule has 0 bridgehead atoms. The number of anilines is 1. The molecule has 0 radical (unpaired) electrons. The number of carbonyl (C=O) groups is 2. The SMILES string of the molecule is CNCCCNC(=O)N1CCCc2c(C(=O)O)cccc21. The second kappa shape index (κ2) is 7.08. The van der Waals surface area contributed by atoms with E-state index >= 15 is 0 Å². The number of aromatic carboxylic acids is 1. The van der Waals surface area contributed by atoms with Crippen molar-refractivity contribution in [1.82, 2.24) is 10.6 Å². The van der Waals surface area contributed by atoms with E-state index in [9.17, 15) is 14.7 Å². The van der Waals surface area contributed by atoms with E-state index in [-0.39, 0.29) is 6.03 Å². The zero-order valence-corrected chi connectivity index (χ0v) is 12.2. The molecule has 0 saturated heterocycles. The molecule has 1 aromatic carbocycles. The van der Waals surface area contributed by atoms with Gasteiger partial charge < -0.3 is 15.7 Å². The van der Waals surface area contributed by atoms with Gasteiger partial charge in [0.2, 0.25) is 0 Å². The van der Waals surface area contributed by atoms with Crippen molar-refractivity contribution in [1.29, 1.82) is 0 Å². The Bertz CT molecular complexity index is 531. The summed E-state index contributed by atoms with van der Waals surface area (Å²) in [5.74, 6) is -0.942. The predicted molar refractivity (Wildman–Crippen MR) is 81.0 cm³/mol. The molecule has 0 fully saturated rings. The molecule has 0 unspecified atom stereocenters. The molecule has 6 heteroatoms. The number of carboxylic acids is 1. The quantitative estimate of drug-likeness (QED) is 0.717. The van der Waals surface area contributed by atoms with Gasteiger partial charge in [-0.1, -0.05) is 6.07 Å². The van der Waals surface area contributed by atoms with E-state index < -0.39 is 5.97 Å². The van der Waals surface area contributed by atoms with Crippen LogP contribution in [0.2, 0.25) is 0 Å². The fourth-order valence-corrected chi connectivity index (χ4v) is 2.59. The van der Waals surface area contributed by atoms with Crippen LogP contribution in [-0.2, 0) is 6.42 Å². The van der Waals surface area contributed by atoms with Crippen molar-refractivity contribution in [3.8, 4) is 0 Å². The number of hydrogen-bond donors (Lipinski definition) is 3. The maximum Gasteiger partial charge on any atom is 0.336 e. The summed E-state index contributed by atoms with van der Waals surface area (Å²) in [6.07, 6.45) is 2.33. The van der Waals surface area contributed by atoms with Crippen molar-refractivity contribution in [3.05, 3.63) is 29.3 Å². The summed E-state index contributed by atoms with van der Waals surface area (Å²) in [4.78, 5) is 25.2. The Balaban J connectivity index is 2.13. The van der Waals surface area contributed by atoms with E-state index in [1.165, 1.54) is 0 Å². The van der Waals surface area contributed by atoms with Crippen molar-refractivity contribution < 1.29 is 14.7 Å². The van der Waals surface area contributed by atoms with Crippen LogP contribution >= 0.6 is 0 Å². The van der Waals surface area contributed by atoms with Crippen molar-refractivity contribution in [2.45, 2.75) is 19.3 Å². The standard InChI is InChI=1S/C15H21N3O3/c1-16-8-4-9-17-15(21)18-10-3-6-11-12(14(19)20)5-2-7-13(11)18/h2,5,7,16H,3-4,6,8-10H2,1H3,(H,17,21)(H,19,20). The van der Waals surface area contributed by atoms with Gasteiger partial charge in [0.25, 0.3) is 0 Å². The normalized spacial score (nSPS) is 13.7. The second-order valence-corrected chi connectivity index (χ2v) is 5.05. The zero-order valence-electron chi connectivity index (χ0n) is 12.2. The van der Waals surface area contributed by atoms with Gasteiger partial charge in [-0.05, 0) is 50.6 Å². The fraction of sp³-hybridized carbons (Fsp3) is 0.467. The Morgan fingerprint density at radius 1 is 1.33 bits per heavy atom. The van der Waals surface area contributed by atoms with Crippen LogP contribution in [0.4, 0.5) is 10.5 Å². The number of nitrogens with one attached hydrogen (secondary N) is 2. The van der Waals surface area contributed by atoms with E-state index in [4.69, 9.17) is 0 Å². The van der Waals surface area contributed by atoms with Gasteiger partial charge in [-0.2, -0.15) is 0 Å². The number of benzene rings is 1. The maximum absolute atomic E-state index is 12.3. The molecule has 2 rings (SSSR count). The Labute approximate surface area is 124 Å². The summed E-state index contributed by atoms with van der Waals surface area (Å²) in [6, 6.07) is 4.94. The molecule has 3 N–H and O–H groups in total. The number of hydrogen-bond acceptors (Lipinski definition) is 3. The minimum atomic E-state index is -0.942. The van der Waals surface area contributed by atoms with Crippen LogP contribution in [0, 0.1) is 0 Å². The van der Waals surface area contributed by atoms with Gasteiger partial charge in [0.05, 0.1) is 5.56 Å². The van der Waals surface area contributed by atoms with E-state index in [2.05, 4.69) is 10.6 Å². The molecule has 0 atom stereocenters. The number of rotatable bonds is 5. The molecule has 1 aliphatic rings. The minimum Gasteiger partial charge on any atom is -0.478 e. The second-order valence-electron chi connectivity index (χ2n) is 5.05. The van der Waals surface area contributed by atoms with Crippen molar-refractivity contribution in [3.63, 3.8) is 0 Å². The van der Waals surface area contributed by atoms with Crippen molar-refractivity contribution in [2.75, 3.05) is 31.6 Å². The summed E-state index contributed by atoms with van der Waals surface area (Å²) in [5, 5.41) is 15.1. The van der Waals surface area contributed by atoms with Crippen LogP contribution in [0.3, 0.4) is 0 Å². The third-order valence-electron chi connectivity index (χ3n) is 3.61. The lowest BCUT2D eigenvalue weighted by molar-refractivity contribution is 0.0695. The third-order valence-corrected chi connectivity index (χ3v) is 3.61. The highest BCUT2D eigenvalue weighted by atomic mass is 16.4. The molecule has 2 amide bonds. The summed E-state index contributed by atoms with van der Waals surface area (Å²) in [5.41, 5.74) is 1.76. The van der Waals surface area contributed by atoms with Gasteiger partial charge in [0.15, 0.2) is 0 Å². The Morgan fingerprint density at radius 3 is 2.86 bits per heavy atom. The van der Waals surface area contributed by atoms with E-state index in [0.717, 1.165) is 24.9 Å². The van der Waals surface area contributed by atoms with Gasteiger partial charge in [0.1, 0.15) is 0 Å². The summed E-state index contributed by atoms with van der Waals surface area (Å²) in [7, 11) is 1.87. The van der Waals surface area contributed by atoms with E-state index in [1.807, 2.05) is 13.1 Å². The van der Waals surface area contributed by atoms with Crippen LogP contribution in [0.1, 0.15) is 28.8 Å². The molecule has 0 saturated carbocycles. The van der Waals surface area contributed by atoms with E-state index in [1.54, 1.807) is 17.0 Å². The Kier molecular flexibility index (Phi) is 5.16. The molecule has 1 aliphatic heterocycles. The van der Waals surface area contributed by atoms with Crippen LogP contribution in [0.25, 0.3) is 0 Å². The first-order chi connectivity index (χ1) is 10.1. The highest BCUT2D eigenvalue weighted by molar-refractivity contribution is 5.97. The van der Waals surface area contributed by atoms with E-state index in [0.29, 0.717) is 30.8 Å². The van der Waals surface area contributed by atoms with Crippen molar-refractivity contribution >= 4 is 17.7 Å². The molecule has 6 nitrogen and oxygen atoms in total. The van der Waals surface area contributed by atoms with Crippen molar-refractivity contribution in [2.24, 2.45) is 0 Å². The fourth-order valence-electron chi connectivity index (χ4n) is 2.59. The van der Waals surface area contributed by atoms with Gasteiger partial charge in [0, 0.05) is 18.8 Å². The van der Waals surface area contributed by atoms with Crippen LogP contribution in [-0.4, -0.2) is 43.8 Å². The molecule has 0 aromatic heterocycles. The Morgan fingerprint density at radius 2 is 2.14 bits per heavy atom. The number of carbonyl (C=O) groups excluding carboxylic acids is 1. The van der Waals surface area contributed by atoms with Crippen LogP contribution in [0.5, 0.6) is 0 Å². The molecular formula is C15H21N3O3. The zero-order chi connectivity index (χ0) is 15.2. The highest BCUT2D eigenvalue weighted by Crippen LogP contribution is 2.29. The molecule has 1 heterocycles. The summed E-state index contributed by atoms with van der Waals surface area (Å²) in [6.45, 7) is 2.07. The smallest absolute Gasteiger partial charge is 0.336 e. The number of carboxylic acid groups (broad SMARTS) is 1. The van der Waals surface area contributed by atoms with Gasteiger partial charge in [-0.25, -0.2) is 9.59 Å². The molecule has 21 heavy (non-hydrogen) atoms. The summed E-state index contributed by atoms with van der Waals surface area (Å²) >= 11 is 0. The lowest BCUT2D eigenvalue weighted by Crippen LogP contribution is -2.43. The van der Waals surface area contributed by atoms with Crippen LogP contribution in [0.15, 0.2) is 18.2 Å². The largest absolute Gasteiger partial charge is 0.478 e. The number of amides is 2. The molecule has 0 spiro atoms. The number of fused-ring (bicyclic) bond motifs is 1. The first kappa shape index (κ1) is 15.3. The number of urea groups is 1. The lowest BCUT2D eigenvalue weighted by Gasteiger charge is -2.30. The molecule has 0 aliphatic carbocycles. The number of nitrogens with zero attached hydrogens (tertiary/aromatic N) is 1. The van der Waals surface area contributed by atoms with Gasteiger partial charge >= 0.3 is 12.0 Å². The summed E-state index contributed by atoms with van der Waals surface area (Å²) < 4.78 is 0. The highest BCUT2D eigenvalue weighted by Gasteiger charge is 2.25. The average Bonchev–Trinajstić information content (AvgIpc) is 2.50. The lowest BCUT2D eigenvalue weighted by atomic mass is 9.96. The average molecular weight is 291 g/mol. The Hall–Kier alpha value is -2.08. The first-order valence-corrected chi connectivity index (χ1v) is 7.20. The van der Waals surface area contributed by atoms with Gasteiger partial charge in [-0.3, -0.25) is 4.90 Å². The molecule has 114 valence electrons. The monoisotopic (exact) mass is 291 g/mol. The maximum atomic E-state index is 12.3. The molecule has 1 aromatic rings. The minimum absolute atomic E-state index is 0.158. The molecular weight excluding hydrogens is 270 g/mol. The third kappa shape index (κ3) is 3.52. The van der Waals surface area contributed by atoms with Gasteiger partial charge in [-0.15, -0.1) is 0 Å². The first-order valence-electron chi connectivity index (χ1n) is 7.20.